The number of ether oxygens (including phenoxy) is 1. The molecule has 1 aliphatic heterocycles. The van der Waals surface area contributed by atoms with Gasteiger partial charge in [-0.2, -0.15) is 9.40 Å². The highest BCUT2D eigenvalue weighted by Crippen LogP contribution is 2.23. The Kier molecular flexibility index (Phi) is 4.38. The summed E-state index contributed by atoms with van der Waals surface area (Å²) in [4.78, 5) is 0.294. The Morgan fingerprint density at radius 1 is 1.35 bits per heavy atom. The molecule has 124 valence electrons. The van der Waals surface area contributed by atoms with Crippen LogP contribution in [0.15, 0.2) is 35.4 Å². The molecule has 1 saturated heterocycles. The van der Waals surface area contributed by atoms with Gasteiger partial charge in [0.2, 0.25) is 10.0 Å². The summed E-state index contributed by atoms with van der Waals surface area (Å²) in [5.74, 6) is 0.641. The monoisotopic (exact) mass is 336 g/mol. The maximum atomic E-state index is 12.5. The van der Waals surface area contributed by atoms with Gasteiger partial charge in [0.05, 0.1) is 18.2 Å². The van der Waals surface area contributed by atoms with Crippen molar-refractivity contribution < 1.29 is 13.2 Å². The smallest absolute Gasteiger partial charge is 0.243 e. The number of hydrogen-bond donors (Lipinski definition) is 2. The number of sulfonamides is 1. The molecule has 23 heavy (non-hydrogen) atoms. The lowest BCUT2D eigenvalue weighted by atomic mass is 10.1. The highest BCUT2D eigenvalue weighted by Gasteiger charge is 2.36. The third-order valence-electron chi connectivity index (χ3n) is 4.06. The van der Waals surface area contributed by atoms with E-state index in [2.05, 4.69) is 15.5 Å². The molecule has 2 heterocycles. The fourth-order valence-corrected chi connectivity index (χ4v) is 4.00. The van der Waals surface area contributed by atoms with Crippen LogP contribution in [0, 0.1) is 6.92 Å². The molecule has 0 radical (unpaired) electrons. The predicted octanol–water partition coefficient (Wildman–Crippen LogP) is 0.889. The maximum absolute atomic E-state index is 12.5. The summed E-state index contributed by atoms with van der Waals surface area (Å²) in [5.41, 5.74) is 2.13. The Morgan fingerprint density at radius 2 is 2.04 bits per heavy atom. The first kappa shape index (κ1) is 16.0. The zero-order chi connectivity index (χ0) is 16.4. The van der Waals surface area contributed by atoms with E-state index in [0.29, 0.717) is 30.3 Å². The molecule has 1 fully saturated rings. The van der Waals surface area contributed by atoms with Crippen LogP contribution in [-0.2, 0) is 16.6 Å². The molecule has 0 spiro atoms. The molecule has 2 aromatic rings. The molecule has 0 aliphatic carbocycles. The summed E-state index contributed by atoms with van der Waals surface area (Å²) in [6, 6.07) is 6.62. The Hall–Kier alpha value is -1.90. The van der Waals surface area contributed by atoms with Crippen LogP contribution in [0.25, 0.3) is 0 Å². The average molecular weight is 336 g/mol. The molecule has 0 saturated carbocycles. The van der Waals surface area contributed by atoms with Crippen molar-refractivity contribution in [2.45, 2.75) is 24.4 Å². The highest BCUT2D eigenvalue weighted by atomic mass is 32.2. The number of aromatic nitrogens is 2. The molecule has 0 atom stereocenters. The van der Waals surface area contributed by atoms with Gasteiger partial charge in [-0.1, -0.05) is 0 Å². The van der Waals surface area contributed by atoms with Crippen LogP contribution < -0.4 is 10.1 Å². The van der Waals surface area contributed by atoms with E-state index in [-0.39, 0.29) is 6.04 Å². The van der Waals surface area contributed by atoms with Crippen molar-refractivity contribution in [3.05, 3.63) is 41.7 Å². The van der Waals surface area contributed by atoms with Crippen molar-refractivity contribution in [2.75, 3.05) is 20.2 Å². The van der Waals surface area contributed by atoms with Gasteiger partial charge in [-0.3, -0.25) is 5.10 Å². The van der Waals surface area contributed by atoms with E-state index >= 15 is 0 Å². The minimum Gasteiger partial charge on any atom is -0.497 e. The number of nitrogens with one attached hydrogen (secondary N) is 2. The first-order valence-electron chi connectivity index (χ1n) is 7.37. The van der Waals surface area contributed by atoms with Crippen LogP contribution in [0.1, 0.15) is 11.3 Å². The van der Waals surface area contributed by atoms with E-state index in [4.69, 9.17) is 4.74 Å². The zero-order valence-electron chi connectivity index (χ0n) is 13.1. The van der Waals surface area contributed by atoms with Crippen LogP contribution in [-0.4, -0.2) is 49.2 Å². The lowest BCUT2D eigenvalue weighted by molar-refractivity contribution is 0.225. The molecule has 1 aromatic heterocycles. The second-order valence-electron chi connectivity index (χ2n) is 5.60. The molecule has 1 aliphatic rings. The Labute approximate surface area is 135 Å². The van der Waals surface area contributed by atoms with Crippen LogP contribution in [0.3, 0.4) is 0 Å². The Balaban J connectivity index is 1.56. The van der Waals surface area contributed by atoms with Gasteiger partial charge in [-0.25, -0.2) is 8.42 Å². The fourth-order valence-electron chi connectivity index (χ4n) is 2.47. The lowest BCUT2D eigenvalue weighted by Gasteiger charge is -2.38. The van der Waals surface area contributed by atoms with Crippen LogP contribution in [0.5, 0.6) is 5.75 Å². The summed E-state index contributed by atoms with van der Waals surface area (Å²) in [6.07, 6.45) is 1.78. The SMILES string of the molecule is COc1ccc(S(=O)(=O)N2CC(NCc3cn[nH]c3C)C2)cc1. The van der Waals surface area contributed by atoms with Crippen molar-refractivity contribution in [1.29, 1.82) is 0 Å². The minimum atomic E-state index is -3.42. The van der Waals surface area contributed by atoms with E-state index in [9.17, 15) is 8.42 Å². The van der Waals surface area contributed by atoms with Gasteiger partial charge in [0.15, 0.2) is 0 Å². The fraction of sp³-hybridized carbons (Fsp3) is 0.400. The van der Waals surface area contributed by atoms with Crippen molar-refractivity contribution in [3.63, 3.8) is 0 Å². The van der Waals surface area contributed by atoms with Crippen molar-refractivity contribution in [1.82, 2.24) is 19.8 Å². The molecule has 0 amide bonds. The number of benzene rings is 1. The molecule has 2 N–H and O–H groups in total. The number of H-pyrrole nitrogens is 1. The molecule has 0 unspecified atom stereocenters. The molecular weight excluding hydrogens is 316 g/mol. The Bertz CT molecular complexity index is 764. The number of nitrogens with zero attached hydrogens (tertiary/aromatic N) is 2. The predicted molar refractivity (Wildman–Crippen MR) is 85.7 cm³/mol. The Morgan fingerprint density at radius 3 is 2.61 bits per heavy atom. The summed E-state index contributed by atoms with van der Waals surface area (Å²) in [7, 11) is -1.87. The number of aryl methyl sites for hydroxylation is 1. The standard InChI is InChI=1S/C15H20N4O3S/c1-11-12(8-17-18-11)7-16-13-9-19(10-13)23(20,21)15-5-3-14(22-2)4-6-15/h3-6,8,13,16H,7,9-10H2,1-2H3,(H,17,18). The van der Waals surface area contributed by atoms with Crippen molar-refractivity contribution in [2.24, 2.45) is 0 Å². The number of aromatic amines is 1. The highest BCUT2D eigenvalue weighted by molar-refractivity contribution is 7.89. The minimum absolute atomic E-state index is 0.164. The second kappa shape index (κ2) is 6.31. The first-order chi connectivity index (χ1) is 11.0. The second-order valence-corrected chi connectivity index (χ2v) is 7.53. The van der Waals surface area contributed by atoms with Gasteiger partial charge in [-0.15, -0.1) is 0 Å². The quantitative estimate of drug-likeness (QED) is 0.818. The van der Waals surface area contributed by atoms with Gasteiger partial charge in [0, 0.05) is 36.9 Å². The third-order valence-corrected chi connectivity index (χ3v) is 5.91. The topological polar surface area (TPSA) is 87.3 Å². The zero-order valence-corrected chi connectivity index (χ0v) is 13.9. The van der Waals surface area contributed by atoms with E-state index < -0.39 is 10.0 Å². The molecule has 3 rings (SSSR count). The summed E-state index contributed by atoms with van der Waals surface area (Å²) in [6.45, 7) is 3.60. The largest absolute Gasteiger partial charge is 0.497 e. The molecule has 0 bridgehead atoms. The van der Waals surface area contributed by atoms with Crippen LogP contribution in [0.4, 0.5) is 0 Å². The number of hydrogen-bond acceptors (Lipinski definition) is 5. The van der Waals surface area contributed by atoms with E-state index in [0.717, 1.165) is 11.3 Å². The van der Waals surface area contributed by atoms with Gasteiger partial charge in [-0.05, 0) is 31.2 Å². The molecular formula is C15H20N4O3S. The number of methoxy groups -OCH3 is 1. The first-order valence-corrected chi connectivity index (χ1v) is 8.81. The molecule has 1 aromatic carbocycles. The molecule has 7 nitrogen and oxygen atoms in total. The van der Waals surface area contributed by atoms with Gasteiger partial charge >= 0.3 is 0 Å². The summed E-state index contributed by atoms with van der Waals surface area (Å²) < 4.78 is 31.5. The summed E-state index contributed by atoms with van der Waals surface area (Å²) in [5, 5.41) is 10.2. The van der Waals surface area contributed by atoms with E-state index in [1.54, 1.807) is 37.6 Å². The van der Waals surface area contributed by atoms with E-state index in [1.165, 1.54) is 4.31 Å². The normalized spacial score (nSPS) is 16.3. The summed E-state index contributed by atoms with van der Waals surface area (Å²) >= 11 is 0. The maximum Gasteiger partial charge on any atom is 0.243 e. The van der Waals surface area contributed by atoms with Crippen molar-refractivity contribution >= 4 is 10.0 Å². The third kappa shape index (κ3) is 3.24. The molecule has 8 heteroatoms. The van der Waals surface area contributed by atoms with Crippen LogP contribution in [0.2, 0.25) is 0 Å². The number of rotatable bonds is 6. The van der Waals surface area contributed by atoms with Crippen molar-refractivity contribution in [3.8, 4) is 5.75 Å². The van der Waals surface area contributed by atoms with Gasteiger partial charge in [0.1, 0.15) is 5.75 Å². The van der Waals surface area contributed by atoms with E-state index in [1.807, 2.05) is 6.92 Å². The lowest BCUT2D eigenvalue weighted by Crippen LogP contribution is -2.59. The van der Waals surface area contributed by atoms with Gasteiger partial charge in [0.25, 0.3) is 0 Å². The van der Waals surface area contributed by atoms with Crippen LogP contribution >= 0.6 is 0 Å². The average Bonchev–Trinajstić information content (AvgIpc) is 2.91. The van der Waals surface area contributed by atoms with Gasteiger partial charge < -0.3 is 10.1 Å².